The van der Waals surface area contributed by atoms with Crippen LogP contribution in [0.1, 0.15) is 19.3 Å². The van der Waals surface area contributed by atoms with Gasteiger partial charge in [-0.2, -0.15) is 11.8 Å². The van der Waals surface area contributed by atoms with Gasteiger partial charge < -0.3 is 16.4 Å². The predicted molar refractivity (Wildman–Crippen MR) is 73.8 cm³/mol. The summed E-state index contributed by atoms with van der Waals surface area (Å²) in [4.78, 5) is 45.4. The summed E-state index contributed by atoms with van der Waals surface area (Å²) in [6.07, 6.45) is 2.71. The summed E-state index contributed by atoms with van der Waals surface area (Å²) in [5, 5.41) is 7.01. The van der Waals surface area contributed by atoms with Crippen LogP contribution < -0.4 is 21.7 Å². The number of nitrogens with two attached hydrogens (primary N) is 1. The molecule has 2 unspecified atom stereocenters. The van der Waals surface area contributed by atoms with Crippen molar-refractivity contribution in [2.45, 2.75) is 31.3 Å². The van der Waals surface area contributed by atoms with E-state index in [1.54, 1.807) is 0 Å². The number of hydrogen-bond acceptors (Lipinski definition) is 5. The van der Waals surface area contributed by atoms with Crippen molar-refractivity contribution in [1.82, 2.24) is 16.0 Å². The van der Waals surface area contributed by atoms with Crippen LogP contribution in [-0.2, 0) is 14.4 Å². The number of hydrogen-bond donors (Lipinski definition) is 4. The molecule has 1 rings (SSSR count). The molecule has 1 aliphatic rings. The SMILES string of the molecule is CSCCC(NC(N)=O)C(=O)NC1CCC(=O)NC1=O. The van der Waals surface area contributed by atoms with Crippen molar-refractivity contribution in [2.75, 3.05) is 12.0 Å². The van der Waals surface area contributed by atoms with E-state index in [2.05, 4.69) is 16.0 Å². The normalized spacial score (nSPS) is 19.9. The van der Waals surface area contributed by atoms with E-state index in [1.807, 2.05) is 6.26 Å². The van der Waals surface area contributed by atoms with Crippen LogP contribution in [-0.4, -0.2) is 47.8 Å². The van der Waals surface area contributed by atoms with Gasteiger partial charge in [-0.05, 0) is 24.9 Å². The average molecular weight is 302 g/mol. The molecule has 0 saturated carbocycles. The maximum Gasteiger partial charge on any atom is 0.312 e. The summed E-state index contributed by atoms with van der Waals surface area (Å²) in [6, 6.07) is -2.34. The van der Waals surface area contributed by atoms with Crippen LogP contribution in [0.3, 0.4) is 0 Å². The third-order valence-electron chi connectivity index (χ3n) is 2.80. The third-order valence-corrected chi connectivity index (χ3v) is 3.44. The molecule has 0 radical (unpaired) electrons. The van der Waals surface area contributed by atoms with Crippen LogP contribution in [0.5, 0.6) is 0 Å². The van der Waals surface area contributed by atoms with E-state index in [0.717, 1.165) is 0 Å². The first-order valence-electron chi connectivity index (χ1n) is 6.13. The van der Waals surface area contributed by atoms with Gasteiger partial charge in [-0.25, -0.2) is 4.79 Å². The van der Waals surface area contributed by atoms with Gasteiger partial charge in [0, 0.05) is 6.42 Å². The van der Waals surface area contributed by atoms with Gasteiger partial charge >= 0.3 is 6.03 Å². The molecule has 0 aliphatic carbocycles. The minimum Gasteiger partial charge on any atom is -0.352 e. The zero-order valence-electron chi connectivity index (χ0n) is 11.1. The number of imide groups is 1. The second-order valence-corrected chi connectivity index (χ2v) is 5.34. The highest BCUT2D eigenvalue weighted by Gasteiger charge is 2.30. The van der Waals surface area contributed by atoms with Gasteiger partial charge in [0.25, 0.3) is 0 Å². The Bertz CT molecular complexity index is 415. The molecule has 5 amide bonds. The van der Waals surface area contributed by atoms with E-state index in [-0.39, 0.29) is 18.7 Å². The van der Waals surface area contributed by atoms with E-state index in [4.69, 9.17) is 5.73 Å². The first-order chi connectivity index (χ1) is 9.43. The molecule has 9 heteroatoms. The topological polar surface area (TPSA) is 130 Å². The summed E-state index contributed by atoms with van der Waals surface area (Å²) in [7, 11) is 0. The number of piperidine rings is 1. The van der Waals surface area contributed by atoms with Crippen molar-refractivity contribution in [3.8, 4) is 0 Å². The van der Waals surface area contributed by atoms with Gasteiger partial charge in [-0.3, -0.25) is 19.7 Å². The highest BCUT2D eigenvalue weighted by atomic mass is 32.2. The van der Waals surface area contributed by atoms with Gasteiger partial charge in [-0.15, -0.1) is 0 Å². The average Bonchev–Trinajstić information content (AvgIpc) is 2.37. The van der Waals surface area contributed by atoms with Gasteiger partial charge in [0.1, 0.15) is 12.1 Å². The highest BCUT2D eigenvalue weighted by Crippen LogP contribution is 2.06. The van der Waals surface area contributed by atoms with Crippen LogP contribution in [0.2, 0.25) is 0 Å². The fourth-order valence-corrected chi connectivity index (χ4v) is 2.25. The maximum atomic E-state index is 12.0. The van der Waals surface area contributed by atoms with E-state index < -0.39 is 29.9 Å². The number of carbonyl (C=O) groups is 4. The number of amides is 5. The smallest absolute Gasteiger partial charge is 0.312 e. The molecule has 2 atom stereocenters. The van der Waals surface area contributed by atoms with Gasteiger partial charge in [0.2, 0.25) is 17.7 Å². The monoisotopic (exact) mass is 302 g/mol. The Morgan fingerprint density at radius 3 is 2.75 bits per heavy atom. The fraction of sp³-hybridized carbons (Fsp3) is 0.636. The number of urea groups is 1. The van der Waals surface area contributed by atoms with Crippen LogP contribution in [0.15, 0.2) is 0 Å². The number of primary amides is 1. The van der Waals surface area contributed by atoms with E-state index in [1.165, 1.54) is 11.8 Å². The molecule has 1 fully saturated rings. The summed E-state index contributed by atoms with van der Waals surface area (Å²) >= 11 is 1.53. The van der Waals surface area contributed by atoms with Crippen molar-refractivity contribution in [1.29, 1.82) is 0 Å². The predicted octanol–water partition coefficient (Wildman–Crippen LogP) is -1.30. The van der Waals surface area contributed by atoms with E-state index in [0.29, 0.717) is 12.2 Å². The van der Waals surface area contributed by atoms with Crippen LogP contribution in [0.4, 0.5) is 4.79 Å². The Morgan fingerprint density at radius 2 is 2.20 bits per heavy atom. The number of carbonyl (C=O) groups excluding carboxylic acids is 4. The fourth-order valence-electron chi connectivity index (χ4n) is 1.78. The zero-order chi connectivity index (χ0) is 15.1. The van der Waals surface area contributed by atoms with Gasteiger partial charge in [0.05, 0.1) is 0 Å². The lowest BCUT2D eigenvalue weighted by molar-refractivity contribution is -0.137. The number of nitrogens with one attached hydrogen (secondary N) is 3. The molecule has 1 heterocycles. The Hall–Kier alpha value is -1.77. The molecule has 0 aromatic carbocycles. The molecule has 0 bridgehead atoms. The van der Waals surface area contributed by atoms with Crippen LogP contribution >= 0.6 is 11.8 Å². The second kappa shape index (κ2) is 7.73. The Morgan fingerprint density at radius 1 is 1.50 bits per heavy atom. The molecule has 5 N–H and O–H groups in total. The van der Waals surface area contributed by atoms with Gasteiger partial charge in [0.15, 0.2) is 0 Å². The second-order valence-electron chi connectivity index (χ2n) is 4.35. The van der Waals surface area contributed by atoms with Crippen molar-refractivity contribution in [3.63, 3.8) is 0 Å². The lowest BCUT2D eigenvalue weighted by Gasteiger charge is -2.24. The number of rotatable bonds is 6. The van der Waals surface area contributed by atoms with Crippen LogP contribution in [0.25, 0.3) is 0 Å². The first kappa shape index (κ1) is 16.3. The molecule has 112 valence electrons. The highest BCUT2D eigenvalue weighted by molar-refractivity contribution is 7.98. The molecule has 1 aliphatic heterocycles. The van der Waals surface area contributed by atoms with Crippen molar-refractivity contribution < 1.29 is 19.2 Å². The summed E-state index contributed by atoms with van der Waals surface area (Å²) in [5.41, 5.74) is 5.02. The van der Waals surface area contributed by atoms with E-state index in [9.17, 15) is 19.2 Å². The lowest BCUT2D eigenvalue weighted by atomic mass is 10.1. The van der Waals surface area contributed by atoms with Crippen molar-refractivity contribution in [2.24, 2.45) is 5.73 Å². The van der Waals surface area contributed by atoms with Crippen LogP contribution in [0, 0.1) is 0 Å². The Balaban J connectivity index is 2.58. The molecule has 8 nitrogen and oxygen atoms in total. The third kappa shape index (κ3) is 5.08. The van der Waals surface area contributed by atoms with E-state index >= 15 is 0 Å². The summed E-state index contributed by atoms with van der Waals surface area (Å²) in [5.74, 6) is -0.701. The number of thioether (sulfide) groups is 1. The van der Waals surface area contributed by atoms with Gasteiger partial charge in [-0.1, -0.05) is 0 Å². The minimum absolute atomic E-state index is 0.176. The molecular weight excluding hydrogens is 284 g/mol. The molecule has 0 aromatic heterocycles. The molecule has 1 saturated heterocycles. The summed E-state index contributed by atoms with van der Waals surface area (Å²) in [6.45, 7) is 0. The molecular formula is C11H18N4O4S. The maximum absolute atomic E-state index is 12.0. The molecule has 0 spiro atoms. The van der Waals surface area contributed by atoms with Crippen molar-refractivity contribution in [3.05, 3.63) is 0 Å². The standard InChI is InChI=1S/C11H18N4O4S/c1-20-5-4-7(14-11(12)19)9(17)13-6-2-3-8(16)15-10(6)18/h6-7H,2-5H2,1H3,(H,13,17)(H3,12,14,19)(H,15,16,18). The quantitative estimate of drug-likeness (QED) is 0.453. The molecule has 0 aromatic rings. The van der Waals surface area contributed by atoms with Crippen molar-refractivity contribution >= 4 is 35.5 Å². The lowest BCUT2D eigenvalue weighted by Crippen LogP contribution is -2.57. The largest absolute Gasteiger partial charge is 0.352 e. The first-order valence-corrected chi connectivity index (χ1v) is 7.52. The molecule has 20 heavy (non-hydrogen) atoms. The Labute approximate surface area is 120 Å². The zero-order valence-corrected chi connectivity index (χ0v) is 11.9. The summed E-state index contributed by atoms with van der Waals surface area (Å²) < 4.78 is 0. The Kier molecular flexibility index (Phi) is 6.29. The minimum atomic E-state index is -0.797.